The summed E-state index contributed by atoms with van der Waals surface area (Å²) in [7, 11) is 0. The van der Waals surface area contributed by atoms with Gasteiger partial charge in [-0.2, -0.15) is 0 Å². The smallest absolute Gasteiger partial charge is 0.187 e. The van der Waals surface area contributed by atoms with Crippen LogP contribution in [0.15, 0.2) is 11.6 Å². The van der Waals surface area contributed by atoms with Crippen molar-refractivity contribution in [2.75, 3.05) is 19.8 Å². The second-order valence-corrected chi connectivity index (χ2v) is 21.1. The van der Waals surface area contributed by atoms with Crippen LogP contribution in [-0.2, 0) is 33.2 Å². The van der Waals surface area contributed by atoms with Crippen LogP contribution in [-0.4, -0.2) is 197 Å². The molecule has 0 aromatic heterocycles. The van der Waals surface area contributed by atoms with Gasteiger partial charge in [0.1, 0.15) is 67.1 Å². The van der Waals surface area contributed by atoms with Crippen molar-refractivity contribution < 1.29 is 94.4 Å². The molecule has 4 saturated heterocycles. The third-order valence-corrected chi connectivity index (χ3v) is 17.4. The highest BCUT2D eigenvalue weighted by molar-refractivity contribution is 5.29. The van der Waals surface area contributed by atoms with Gasteiger partial charge in [-0.25, -0.2) is 0 Å². The molecular weight excluding hydrogens is 844 g/mol. The van der Waals surface area contributed by atoms with Crippen molar-refractivity contribution in [3.05, 3.63) is 11.6 Å². The molecule has 0 bridgehead atoms. The summed E-state index contributed by atoms with van der Waals surface area (Å²) in [5.41, 5.74) is 0.296. The Bertz CT molecular complexity index is 1640. The van der Waals surface area contributed by atoms with Gasteiger partial charge in [0, 0.05) is 24.2 Å². The molecule has 64 heavy (non-hydrogen) atoms. The third-order valence-electron chi connectivity index (χ3n) is 17.4. The second kappa shape index (κ2) is 18.7. The Balaban J connectivity index is 0.952. The summed E-state index contributed by atoms with van der Waals surface area (Å²) >= 11 is 0. The lowest BCUT2D eigenvalue weighted by atomic mass is 9.46. The average Bonchev–Trinajstić information content (AvgIpc) is 3.70. The van der Waals surface area contributed by atoms with Crippen molar-refractivity contribution in [2.24, 2.45) is 46.3 Å². The zero-order valence-corrected chi connectivity index (χ0v) is 37.4. The summed E-state index contributed by atoms with van der Waals surface area (Å²) in [6.07, 6.45) is -16.0. The lowest BCUT2D eigenvalue weighted by Crippen LogP contribution is -2.65. The van der Waals surface area contributed by atoms with Gasteiger partial charge in [0.15, 0.2) is 24.7 Å². The van der Waals surface area contributed by atoms with Gasteiger partial charge in [-0.1, -0.05) is 39.3 Å². The van der Waals surface area contributed by atoms with E-state index < -0.39 is 129 Å². The Hall–Kier alpha value is -1.02. The van der Waals surface area contributed by atoms with Crippen molar-refractivity contribution in [1.29, 1.82) is 0 Å². The molecule has 19 nitrogen and oxygen atoms in total. The summed E-state index contributed by atoms with van der Waals surface area (Å²) < 4.78 is 42.6. The number of hydrogen-bond acceptors (Lipinski definition) is 19. The van der Waals surface area contributed by atoms with E-state index in [1.165, 1.54) is 6.92 Å². The molecule has 19 heteroatoms. The number of rotatable bonds is 12. The van der Waals surface area contributed by atoms with Gasteiger partial charge in [0.2, 0.25) is 0 Å². The highest BCUT2D eigenvalue weighted by atomic mass is 16.8. The van der Waals surface area contributed by atoms with Crippen molar-refractivity contribution >= 4 is 0 Å². The number of aliphatic hydroxyl groups is 12. The van der Waals surface area contributed by atoms with Gasteiger partial charge in [0.25, 0.3) is 0 Å². The Morgan fingerprint density at radius 1 is 0.750 bits per heavy atom. The molecule has 0 aromatic carbocycles. The maximum absolute atomic E-state index is 12.1. The lowest BCUT2D eigenvalue weighted by molar-refractivity contribution is -0.374. The average molecular weight is 919 g/mol. The van der Waals surface area contributed by atoms with Crippen molar-refractivity contribution in [3.8, 4) is 0 Å². The summed E-state index contributed by atoms with van der Waals surface area (Å²) in [4.78, 5) is 0. The minimum Gasteiger partial charge on any atom is -0.394 e. The Morgan fingerprint density at radius 3 is 2.08 bits per heavy atom. The van der Waals surface area contributed by atoms with Crippen LogP contribution >= 0.6 is 0 Å². The van der Waals surface area contributed by atoms with Crippen molar-refractivity contribution in [2.45, 2.75) is 202 Å². The molecule has 8 aliphatic rings. The van der Waals surface area contributed by atoms with Crippen LogP contribution in [0.1, 0.15) is 86.0 Å². The highest BCUT2D eigenvalue weighted by Gasteiger charge is 2.69. The molecule has 0 unspecified atom stereocenters. The van der Waals surface area contributed by atoms with E-state index in [-0.39, 0.29) is 60.1 Å². The van der Waals surface area contributed by atoms with E-state index in [0.717, 1.165) is 31.3 Å². The third kappa shape index (κ3) is 8.36. The van der Waals surface area contributed by atoms with Crippen LogP contribution < -0.4 is 0 Å². The van der Waals surface area contributed by atoms with E-state index in [2.05, 4.69) is 26.8 Å². The topological polar surface area (TPSA) is 307 Å². The van der Waals surface area contributed by atoms with Gasteiger partial charge in [-0.05, 0) is 80.5 Å². The van der Waals surface area contributed by atoms with E-state index in [9.17, 15) is 61.3 Å². The first-order chi connectivity index (χ1) is 30.2. The number of allylic oxidation sites excluding steroid dienone is 1. The molecule has 12 N–H and O–H groups in total. The fraction of sp³-hybridized carbons (Fsp3) is 0.956. The van der Waals surface area contributed by atoms with Crippen LogP contribution in [0, 0.1) is 46.3 Å². The molecule has 4 heterocycles. The fourth-order valence-electron chi connectivity index (χ4n) is 13.6. The first kappa shape index (κ1) is 49.4. The Kier molecular flexibility index (Phi) is 14.4. The van der Waals surface area contributed by atoms with Crippen LogP contribution in [0.3, 0.4) is 0 Å². The van der Waals surface area contributed by atoms with E-state index in [0.29, 0.717) is 19.3 Å². The highest BCUT2D eigenvalue weighted by Crippen LogP contribution is 2.70. The van der Waals surface area contributed by atoms with Crippen LogP contribution in [0.5, 0.6) is 0 Å². The molecule has 0 radical (unpaired) electrons. The molecule has 0 amide bonds. The zero-order chi connectivity index (χ0) is 46.4. The molecular formula is C45H74O19. The molecule has 4 aliphatic heterocycles. The number of aliphatic hydroxyl groups excluding tert-OH is 11. The van der Waals surface area contributed by atoms with Crippen LogP contribution in [0.2, 0.25) is 0 Å². The maximum Gasteiger partial charge on any atom is 0.187 e. The standard InChI is InChI=1S/C45H74O19/c1-18(17-58-40-37(55)35(53)32(50)27(15-46)60-40)8-11-45(57)19(2)30-26(64-45)14-25-23-7-6-21-12-22(48)13-29(44(21,5)24(23)9-10-43(25,30)4)62-42-39(36(54)33(51)28(16-47)61-42)63-41-38(56)34(52)31(49)20(3)59-41/h6,18-20,22-42,46-57H,7-17H2,1-5H3/t18-,19+,20+,22-,23-,24+,25+,26+,27-,28-,29-,30+,31+,32-,33-,34-,35+,36+,37-,38-,39-,40-,41+,42+,43+,44+,45-/m1/s1. The summed E-state index contributed by atoms with van der Waals surface area (Å²) in [5.74, 6) is -1.02. The minimum absolute atomic E-state index is 0.0825. The van der Waals surface area contributed by atoms with E-state index >= 15 is 0 Å². The van der Waals surface area contributed by atoms with Crippen molar-refractivity contribution in [3.63, 3.8) is 0 Å². The monoisotopic (exact) mass is 918 g/mol. The normalized spacial score (nSPS) is 55.5. The molecule has 3 saturated carbocycles. The Morgan fingerprint density at radius 2 is 1.39 bits per heavy atom. The van der Waals surface area contributed by atoms with Gasteiger partial charge in [-0.15, -0.1) is 0 Å². The van der Waals surface area contributed by atoms with E-state index in [4.69, 9.17) is 33.2 Å². The number of hydrogen-bond donors (Lipinski definition) is 12. The number of ether oxygens (including phenoxy) is 7. The second-order valence-electron chi connectivity index (χ2n) is 21.1. The molecule has 27 atom stereocenters. The van der Waals surface area contributed by atoms with Gasteiger partial charge >= 0.3 is 0 Å². The summed E-state index contributed by atoms with van der Waals surface area (Å²) in [6.45, 7) is 8.93. The maximum atomic E-state index is 12.1. The molecule has 0 spiro atoms. The SMILES string of the molecule is C[C@H](CC[C@@]1(O)O[C@H]2C[C@H]3[C@@H]4CC=C5C[C@@H](O)C[C@@H](O[C@@H]6O[C@H](CO)[C@@H](O)[C@H](O)[C@H]6O[C@@H]6O[C@@H](C)[C@H](O)[C@@H](O)[C@H]6O)[C@]5(C)[C@H]4CC[C@]3(C)[C@H]2[C@@H]1C)CO[C@@H]1O[C@H](CO)[C@@H](O)[C@H](O)[C@H]1O. The summed E-state index contributed by atoms with van der Waals surface area (Å²) in [5, 5.41) is 128. The zero-order valence-electron chi connectivity index (χ0n) is 37.4. The fourth-order valence-corrected chi connectivity index (χ4v) is 13.6. The first-order valence-corrected chi connectivity index (χ1v) is 23.5. The largest absolute Gasteiger partial charge is 0.394 e. The minimum atomic E-state index is -1.71. The van der Waals surface area contributed by atoms with Gasteiger partial charge < -0.3 is 94.4 Å². The molecule has 0 aromatic rings. The summed E-state index contributed by atoms with van der Waals surface area (Å²) in [6, 6.07) is 0. The van der Waals surface area contributed by atoms with Gasteiger partial charge in [0.05, 0.1) is 44.2 Å². The van der Waals surface area contributed by atoms with Crippen LogP contribution in [0.25, 0.3) is 0 Å². The van der Waals surface area contributed by atoms with Crippen LogP contribution in [0.4, 0.5) is 0 Å². The predicted molar refractivity (Wildman–Crippen MR) is 219 cm³/mol. The molecule has 4 aliphatic carbocycles. The predicted octanol–water partition coefficient (Wildman–Crippen LogP) is -1.86. The van der Waals surface area contributed by atoms with E-state index in [1.54, 1.807) is 0 Å². The van der Waals surface area contributed by atoms with Gasteiger partial charge in [-0.3, -0.25) is 0 Å². The van der Waals surface area contributed by atoms with Crippen molar-refractivity contribution in [1.82, 2.24) is 0 Å². The Labute approximate surface area is 373 Å². The number of fused-ring (bicyclic) bond motifs is 7. The lowest BCUT2D eigenvalue weighted by Gasteiger charge is -2.60. The molecule has 368 valence electrons. The molecule has 8 rings (SSSR count). The molecule has 7 fully saturated rings. The first-order valence-electron chi connectivity index (χ1n) is 23.5. The quantitative estimate of drug-likeness (QED) is 0.0956. The van der Waals surface area contributed by atoms with E-state index in [1.807, 2.05) is 6.92 Å².